The molecule has 9 rings (SSSR count). The second-order valence-corrected chi connectivity index (χ2v) is 31.2. The van der Waals surface area contributed by atoms with Crippen LogP contribution in [-0.4, -0.2) is 126 Å². The SMILES string of the molecule is C#Cc1ccc2nc([C@@H]3CCCN3C(=O)OC(C)(C)C)[nH]c2c1.CC(C)(C)OC(=O)N1CCC[C@H]1c1nc2ccc(C#C[Si](C)(C)C)cc2[nH]1.CC(C)(C)OC(=O)N1CCC[C@H]1c1nc2ccc(I)cc2[nH]1.CO.O=CO[O-].P.P.[Cl][Pd][Cl].[H-].[K+].[K+]. The predicted octanol–water partition coefficient (Wildman–Crippen LogP) is 6.38. The molecule has 3 fully saturated rings. The summed E-state index contributed by atoms with van der Waals surface area (Å²) >= 11 is 2.18. The average Bonchev–Trinajstić information content (AvgIpc) is 2.42. The first-order chi connectivity index (χ1) is 38.0. The third-order valence-corrected chi connectivity index (χ3v) is 13.4. The molecule has 28 heteroatoms. The van der Waals surface area contributed by atoms with Gasteiger partial charge in [0.15, 0.2) is 0 Å². The fourth-order valence-electron chi connectivity index (χ4n) is 8.73. The van der Waals surface area contributed by atoms with E-state index in [2.05, 4.69) is 95.5 Å². The van der Waals surface area contributed by atoms with Gasteiger partial charge >= 0.3 is 156 Å². The molecule has 19 nitrogen and oxygen atoms in total. The van der Waals surface area contributed by atoms with E-state index in [0.29, 0.717) is 19.6 Å². The monoisotopic (exact) mass is 1520 g/mol. The third-order valence-electron chi connectivity index (χ3n) is 11.8. The van der Waals surface area contributed by atoms with Crippen molar-refractivity contribution in [2.75, 3.05) is 26.7 Å². The van der Waals surface area contributed by atoms with Gasteiger partial charge in [-0.05, 0) is 178 Å². The zero-order valence-electron chi connectivity index (χ0n) is 52.6. The molecule has 0 radical (unpaired) electrons. The zero-order valence-corrected chi connectivity index (χ0v) is 66.9. The Morgan fingerprint density at radius 2 is 0.976 bits per heavy atom. The number of terminal acetylenes is 1. The van der Waals surface area contributed by atoms with Crippen molar-refractivity contribution >= 4 is 127 Å². The van der Waals surface area contributed by atoms with Gasteiger partial charge in [0.2, 0.25) is 0 Å². The van der Waals surface area contributed by atoms with Gasteiger partial charge in [-0.3, -0.25) is 19.5 Å². The van der Waals surface area contributed by atoms with Crippen LogP contribution in [0.5, 0.6) is 0 Å². The smallest absolute Gasteiger partial charge is 1.00 e. The number of hydrogen-bond donors (Lipinski definition) is 4. The van der Waals surface area contributed by atoms with Crippen molar-refractivity contribution in [3.63, 3.8) is 0 Å². The molecule has 3 aliphatic rings. The summed E-state index contributed by atoms with van der Waals surface area (Å²) in [6.07, 6.45) is 10.2. The first kappa shape index (κ1) is 83.7. The number of benzene rings is 3. The molecular formula is C57H82Cl2IK2N9O10P2PdSi. The Morgan fingerprint density at radius 3 is 1.28 bits per heavy atom. The standard InChI is InChI=1S/C21H29N3O2Si.C18H21N3O2.C16H20IN3O2.CH2O3.CH4O.2ClH.2K.2H3P.Pd.H/c1-21(2,3)26-20(25)24-12-7-8-18(24)19-22-16-10-9-15(14-17(16)23-19)11-13-27(4,5)6;1-5-12-8-9-13-14(11-12)20-16(19-13)15-7-6-10-21(15)17(22)23-18(2,3)4;1-16(2,3)22-15(21)20-8-4-5-13(20)14-18-11-7-6-10(17)9-12(11)19-14;2-1-4-3;1-2;;;;;;;;/h9-10,14,18H,7-8,12H2,1-6H3,(H,22,23);1,8-9,11,15H,6-7,10H2,2-4H3,(H,19,20);6-7,9,13H,4-5,8H2,1-3H3,(H,18,19);1,3H;2H,1H3;2*1H;;;2*1H3;;/q;;;;;;;2*+1;;;+2;-1/p-3/t18-;15-;13-;;;;;;;;;;/m000........../s1. The van der Waals surface area contributed by atoms with E-state index in [1.54, 1.807) is 14.7 Å². The van der Waals surface area contributed by atoms with Gasteiger partial charge in [0.25, 0.3) is 6.47 Å². The maximum Gasteiger partial charge on any atom is 1.00 e. The van der Waals surface area contributed by atoms with Gasteiger partial charge in [-0.1, -0.05) is 31.5 Å². The molecule has 0 saturated carbocycles. The normalized spacial score (nSPS) is 16.0. The molecule has 2 unspecified atom stereocenters. The number of carbonyl (C=O) groups is 4. The van der Waals surface area contributed by atoms with Crippen molar-refractivity contribution in [2.24, 2.45) is 0 Å². The van der Waals surface area contributed by atoms with Gasteiger partial charge in [-0.15, -0.1) is 12.0 Å². The summed E-state index contributed by atoms with van der Waals surface area (Å²) < 4.78 is 17.7. The van der Waals surface area contributed by atoms with Crippen LogP contribution >= 0.6 is 61.4 Å². The second kappa shape index (κ2) is 39.2. The quantitative estimate of drug-likeness (QED) is 0.0219. The third kappa shape index (κ3) is 27.6. The number of nitrogens with one attached hydrogen (secondary N) is 3. The summed E-state index contributed by atoms with van der Waals surface area (Å²) in [7, 11) is 9.22. The number of H-pyrrole nitrogens is 3. The number of carbonyl (C=O) groups excluding carboxylic acids is 4. The zero-order chi connectivity index (χ0) is 60.5. The Balaban J connectivity index is 0. The number of fused-ring (bicyclic) bond motifs is 3. The van der Waals surface area contributed by atoms with Crippen LogP contribution in [0.4, 0.5) is 14.4 Å². The van der Waals surface area contributed by atoms with Crippen LogP contribution in [0.3, 0.4) is 0 Å². The largest absolute Gasteiger partial charge is 1.00 e. The number of aromatic nitrogens is 6. The number of nitrogens with zero attached hydrogens (tertiary/aromatic N) is 6. The number of aromatic amines is 3. The number of aliphatic hydroxyl groups is 1. The van der Waals surface area contributed by atoms with Crippen molar-refractivity contribution in [3.8, 4) is 23.8 Å². The second-order valence-electron chi connectivity index (χ2n) is 22.9. The van der Waals surface area contributed by atoms with Crippen LogP contribution < -0.4 is 108 Å². The van der Waals surface area contributed by atoms with E-state index in [4.69, 9.17) is 59.8 Å². The van der Waals surface area contributed by atoms with Crippen LogP contribution in [0, 0.1) is 27.4 Å². The Hall–Kier alpha value is -1.29. The number of amides is 3. The number of hydrogen-bond acceptors (Lipinski definition) is 13. The number of ether oxygens (including phenoxy) is 3. The molecule has 6 heterocycles. The van der Waals surface area contributed by atoms with Gasteiger partial charge in [0, 0.05) is 41.4 Å². The van der Waals surface area contributed by atoms with Crippen molar-refractivity contribution in [1.82, 2.24) is 44.6 Å². The van der Waals surface area contributed by atoms with E-state index >= 15 is 0 Å². The van der Waals surface area contributed by atoms with E-state index in [1.807, 2.05) is 111 Å². The molecule has 3 aliphatic heterocycles. The van der Waals surface area contributed by atoms with Gasteiger partial charge < -0.3 is 45.8 Å². The first-order valence-corrected chi connectivity index (χ1v) is 34.8. The van der Waals surface area contributed by atoms with E-state index in [1.165, 1.54) is 0 Å². The van der Waals surface area contributed by atoms with Gasteiger partial charge in [-0.25, -0.2) is 29.3 Å². The van der Waals surface area contributed by atoms with Crippen LogP contribution in [0.2, 0.25) is 19.6 Å². The Kier molecular flexibility index (Phi) is 38.6. The number of rotatable bonds is 4. The summed E-state index contributed by atoms with van der Waals surface area (Å²) in [4.78, 5) is 78.0. The molecule has 0 bridgehead atoms. The molecule has 3 aromatic carbocycles. The topological polar surface area (TPSA) is 244 Å². The predicted molar refractivity (Wildman–Crippen MR) is 344 cm³/mol. The Morgan fingerprint density at radius 1 is 0.671 bits per heavy atom. The van der Waals surface area contributed by atoms with E-state index in [0.717, 1.165) is 111 Å². The summed E-state index contributed by atoms with van der Waals surface area (Å²) in [6, 6.07) is 17.7. The molecule has 5 atom stereocenters. The summed E-state index contributed by atoms with van der Waals surface area (Å²) in [5.41, 5.74) is 9.29. The maximum atomic E-state index is 12.5. The molecule has 3 amide bonds. The van der Waals surface area contributed by atoms with Crippen molar-refractivity contribution in [2.45, 2.75) is 155 Å². The number of aliphatic hydroxyl groups excluding tert-OH is 1. The molecular weight excluding hydrogens is 1440 g/mol. The van der Waals surface area contributed by atoms with Crippen LogP contribution in [0.1, 0.15) is 149 Å². The van der Waals surface area contributed by atoms with Gasteiger partial charge in [0.1, 0.15) is 42.4 Å². The minimum atomic E-state index is -1.41. The molecule has 0 aliphatic carbocycles. The van der Waals surface area contributed by atoms with Gasteiger partial charge in [-0.2, -0.15) is 19.8 Å². The number of halogens is 3. The molecule has 4 N–H and O–H groups in total. The minimum Gasteiger partial charge on any atom is -1.00 e. The summed E-state index contributed by atoms with van der Waals surface area (Å²) in [5, 5.41) is 15.4. The fraction of sp³-hybridized carbons (Fsp3) is 0.491. The summed E-state index contributed by atoms with van der Waals surface area (Å²) in [6.45, 7) is 25.6. The Labute approximate surface area is 624 Å². The van der Waals surface area contributed by atoms with E-state index < -0.39 is 24.9 Å². The molecule has 0 spiro atoms. The molecule has 85 heavy (non-hydrogen) atoms. The van der Waals surface area contributed by atoms with Crippen molar-refractivity contribution in [3.05, 3.63) is 86.8 Å². The van der Waals surface area contributed by atoms with Crippen LogP contribution in [0.15, 0.2) is 54.6 Å². The number of imidazole rings is 3. The van der Waals surface area contributed by atoms with E-state index in [-0.39, 0.29) is 183 Å². The van der Waals surface area contributed by atoms with Crippen LogP contribution in [-0.2, 0) is 39.8 Å². The summed E-state index contributed by atoms with van der Waals surface area (Å²) in [5.74, 6) is 8.37. The number of likely N-dealkylation sites (tertiary alicyclic amines) is 3. The fourth-order valence-corrected chi connectivity index (χ4v) is 9.74. The minimum absolute atomic E-state index is 0. The van der Waals surface area contributed by atoms with Crippen molar-refractivity contribution in [1.29, 1.82) is 0 Å². The average molecular weight is 1530 g/mol. The van der Waals surface area contributed by atoms with Crippen LogP contribution in [0.25, 0.3) is 33.1 Å². The molecule has 3 saturated heterocycles. The molecule has 462 valence electrons. The first-order valence-electron chi connectivity index (χ1n) is 26.2. The molecule has 3 aromatic heterocycles. The Bertz CT molecular complexity index is 3200. The van der Waals surface area contributed by atoms with Crippen molar-refractivity contribution < 1.29 is 169 Å². The molecule has 6 aromatic rings. The maximum absolute atomic E-state index is 12.5. The van der Waals surface area contributed by atoms with Gasteiger partial charge in [0.05, 0.1) is 51.2 Å². The van der Waals surface area contributed by atoms with E-state index in [9.17, 15) is 14.4 Å².